The molecule has 0 N–H and O–H groups in total. The Balaban J connectivity index is 1.41. The minimum absolute atomic E-state index is 0.571. The molecule has 1 nitrogen and oxygen atoms in total. The summed E-state index contributed by atoms with van der Waals surface area (Å²) in [7, 11) is 0. The summed E-state index contributed by atoms with van der Waals surface area (Å²) in [6.07, 6.45) is 17.1. The average molecular weight is 459 g/mol. The number of hydrogen-bond acceptors (Lipinski definition) is 1. The van der Waals surface area contributed by atoms with Gasteiger partial charge in [0.2, 0.25) is 0 Å². The molecule has 4 fully saturated rings. The molecule has 4 aliphatic carbocycles. The van der Waals surface area contributed by atoms with Gasteiger partial charge in [0.1, 0.15) is 0 Å². The minimum Gasteiger partial charge on any atom is -0.381 e. The van der Waals surface area contributed by atoms with Crippen molar-refractivity contribution in [1.29, 1.82) is 0 Å². The highest BCUT2D eigenvalue weighted by Gasteiger charge is 2.64. The highest BCUT2D eigenvalue weighted by atomic mass is 16.5. The molecule has 192 valence electrons. The predicted molar refractivity (Wildman–Crippen MR) is 142 cm³/mol. The molecule has 0 radical (unpaired) electrons. The molecule has 0 amide bonds. The van der Waals surface area contributed by atoms with Gasteiger partial charge in [0.25, 0.3) is 0 Å². The van der Waals surface area contributed by atoms with Crippen molar-refractivity contribution in [2.45, 2.75) is 126 Å². The predicted octanol–water partition coefficient (Wildman–Crippen LogP) is 9.40. The molecule has 0 aromatic rings. The standard InChI is InChI=1S/C32H58O/c1-8-9-10-17-33-18-11-12-23(3)27-13-14-28-30-24(4)20-26-19-22(2)15-16-31(26,6)29(30)21-25(5)32(27,28)7/h22-30H,8-21H2,1-7H3. The zero-order chi connectivity index (χ0) is 23.8. The first kappa shape index (κ1) is 26.0. The molecule has 4 aliphatic rings. The van der Waals surface area contributed by atoms with Gasteiger partial charge in [0.15, 0.2) is 0 Å². The zero-order valence-corrected chi connectivity index (χ0v) is 23.5. The van der Waals surface area contributed by atoms with Gasteiger partial charge in [-0.15, -0.1) is 0 Å². The molecule has 11 atom stereocenters. The van der Waals surface area contributed by atoms with E-state index in [2.05, 4.69) is 48.5 Å². The van der Waals surface area contributed by atoms with Crippen LogP contribution in [0.1, 0.15) is 126 Å². The van der Waals surface area contributed by atoms with Gasteiger partial charge in [-0.25, -0.2) is 0 Å². The molecule has 0 aliphatic heterocycles. The monoisotopic (exact) mass is 458 g/mol. The Hall–Kier alpha value is -0.0400. The molecule has 0 aromatic carbocycles. The van der Waals surface area contributed by atoms with E-state index in [1.807, 2.05) is 0 Å². The lowest BCUT2D eigenvalue weighted by Gasteiger charge is -2.65. The highest BCUT2D eigenvalue weighted by molar-refractivity contribution is 5.12. The van der Waals surface area contributed by atoms with Crippen LogP contribution in [-0.2, 0) is 4.74 Å². The number of rotatable bonds is 9. The van der Waals surface area contributed by atoms with Gasteiger partial charge in [-0.3, -0.25) is 0 Å². The maximum Gasteiger partial charge on any atom is 0.0466 e. The largest absolute Gasteiger partial charge is 0.381 e. The molecule has 33 heavy (non-hydrogen) atoms. The molecular weight excluding hydrogens is 400 g/mol. The summed E-state index contributed by atoms with van der Waals surface area (Å²) in [4.78, 5) is 0. The van der Waals surface area contributed by atoms with Gasteiger partial charge < -0.3 is 4.74 Å². The van der Waals surface area contributed by atoms with E-state index in [1.54, 1.807) is 0 Å². The van der Waals surface area contributed by atoms with Gasteiger partial charge in [0, 0.05) is 13.2 Å². The fourth-order valence-electron chi connectivity index (χ4n) is 10.4. The summed E-state index contributed by atoms with van der Waals surface area (Å²) in [5, 5.41) is 0. The van der Waals surface area contributed by atoms with E-state index in [1.165, 1.54) is 77.0 Å². The third-order valence-electron chi connectivity index (χ3n) is 12.5. The van der Waals surface area contributed by atoms with Crippen LogP contribution in [0.25, 0.3) is 0 Å². The Morgan fingerprint density at radius 3 is 2.39 bits per heavy atom. The highest BCUT2D eigenvalue weighted by Crippen LogP contribution is 2.71. The molecule has 0 heterocycles. The summed E-state index contributed by atoms with van der Waals surface area (Å²) in [6, 6.07) is 0. The van der Waals surface area contributed by atoms with Crippen molar-refractivity contribution in [3.63, 3.8) is 0 Å². The van der Waals surface area contributed by atoms with Crippen LogP contribution in [-0.4, -0.2) is 13.2 Å². The van der Waals surface area contributed by atoms with Crippen molar-refractivity contribution in [3.8, 4) is 0 Å². The maximum absolute atomic E-state index is 5.96. The second kappa shape index (κ2) is 10.5. The van der Waals surface area contributed by atoms with Gasteiger partial charge in [-0.2, -0.15) is 0 Å². The van der Waals surface area contributed by atoms with E-state index in [-0.39, 0.29) is 0 Å². The van der Waals surface area contributed by atoms with Crippen LogP contribution >= 0.6 is 0 Å². The minimum atomic E-state index is 0.571. The molecule has 0 spiro atoms. The van der Waals surface area contributed by atoms with E-state index in [4.69, 9.17) is 4.74 Å². The van der Waals surface area contributed by atoms with Crippen molar-refractivity contribution in [2.75, 3.05) is 13.2 Å². The van der Waals surface area contributed by atoms with Crippen LogP contribution in [0.4, 0.5) is 0 Å². The number of fused-ring (bicyclic) bond motifs is 5. The van der Waals surface area contributed by atoms with Gasteiger partial charge in [0.05, 0.1) is 0 Å². The Bertz CT molecular complexity index is 628. The summed E-state index contributed by atoms with van der Waals surface area (Å²) in [5.74, 6) is 8.58. The third-order valence-corrected chi connectivity index (χ3v) is 12.5. The van der Waals surface area contributed by atoms with Gasteiger partial charge in [-0.1, -0.05) is 67.7 Å². The van der Waals surface area contributed by atoms with Crippen molar-refractivity contribution >= 4 is 0 Å². The van der Waals surface area contributed by atoms with E-state index in [9.17, 15) is 0 Å². The third kappa shape index (κ3) is 4.72. The second-order valence-corrected chi connectivity index (χ2v) is 14.2. The average Bonchev–Trinajstić information content (AvgIpc) is 3.13. The number of unbranched alkanes of at least 4 members (excludes halogenated alkanes) is 2. The lowest BCUT2D eigenvalue weighted by atomic mass is 9.40. The quantitative estimate of drug-likeness (QED) is 0.313. The van der Waals surface area contributed by atoms with E-state index >= 15 is 0 Å². The summed E-state index contributed by atoms with van der Waals surface area (Å²) in [6.45, 7) is 20.2. The van der Waals surface area contributed by atoms with Crippen LogP contribution in [0.5, 0.6) is 0 Å². The Morgan fingerprint density at radius 2 is 1.64 bits per heavy atom. The van der Waals surface area contributed by atoms with Crippen LogP contribution in [0.2, 0.25) is 0 Å². The van der Waals surface area contributed by atoms with Gasteiger partial charge >= 0.3 is 0 Å². The number of hydrogen-bond donors (Lipinski definition) is 0. The SMILES string of the molecule is CCCCCOCCCC(C)C1CCC2C3C(C)CC4CC(C)CCC4(C)C3CC(C)C12C. The molecule has 11 unspecified atom stereocenters. The fraction of sp³-hybridized carbons (Fsp3) is 1.00. The van der Waals surface area contributed by atoms with E-state index < -0.39 is 0 Å². The molecule has 0 aromatic heterocycles. The Morgan fingerprint density at radius 1 is 0.879 bits per heavy atom. The molecule has 0 saturated heterocycles. The first-order valence-corrected chi connectivity index (χ1v) is 15.3. The maximum atomic E-state index is 5.96. The molecule has 4 saturated carbocycles. The molecule has 4 rings (SSSR count). The van der Waals surface area contributed by atoms with Crippen molar-refractivity contribution < 1.29 is 4.74 Å². The lowest BCUT2D eigenvalue weighted by molar-refractivity contribution is -0.162. The van der Waals surface area contributed by atoms with Crippen LogP contribution in [0.3, 0.4) is 0 Å². The van der Waals surface area contributed by atoms with Crippen LogP contribution in [0.15, 0.2) is 0 Å². The smallest absolute Gasteiger partial charge is 0.0466 e. The molecular formula is C32H58O. The Kier molecular flexibility index (Phi) is 8.30. The molecule has 1 heteroatoms. The van der Waals surface area contributed by atoms with Crippen molar-refractivity contribution in [2.24, 2.45) is 64.1 Å². The van der Waals surface area contributed by atoms with Crippen LogP contribution < -0.4 is 0 Å². The van der Waals surface area contributed by atoms with Crippen molar-refractivity contribution in [3.05, 3.63) is 0 Å². The molecule has 0 bridgehead atoms. The fourth-order valence-corrected chi connectivity index (χ4v) is 10.4. The lowest BCUT2D eigenvalue weighted by Crippen LogP contribution is -2.58. The zero-order valence-electron chi connectivity index (χ0n) is 23.5. The first-order valence-electron chi connectivity index (χ1n) is 15.3. The van der Waals surface area contributed by atoms with Crippen LogP contribution in [0, 0.1) is 64.1 Å². The normalized spacial score (nSPS) is 48.1. The van der Waals surface area contributed by atoms with E-state index in [0.717, 1.165) is 66.5 Å². The summed E-state index contributed by atoms with van der Waals surface area (Å²) >= 11 is 0. The first-order chi connectivity index (χ1) is 15.7. The second-order valence-electron chi connectivity index (χ2n) is 14.2. The summed E-state index contributed by atoms with van der Waals surface area (Å²) in [5.41, 5.74) is 1.21. The van der Waals surface area contributed by atoms with E-state index in [0.29, 0.717) is 10.8 Å². The summed E-state index contributed by atoms with van der Waals surface area (Å²) < 4.78 is 5.96. The Labute approximate surface area is 207 Å². The topological polar surface area (TPSA) is 9.23 Å². The van der Waals surface area contributed by atoms with Gasteiger partial charge in [-0.05, 0) is 122 Å². The number of ether oxygens (including phenoxy) is 1. The van der Waals surface area contributed by atoms with Crippen molar-refractivity contribution in [1.82, 2.24) is 0 Å².